The van der Waals surface area contributed by atoms with Crippen molar-refractivity contribution in [3.63, 3.8) is 0 Å². The number of carbonyl (C=O) groups is 1. The molecule has 0 bridgehead atoms. The number of hydrogen-bond donors (Lipinski definition) is 1. The van der Waals surface area contributed by atoms with Crippen molar-refractivity contribution in [3.05, 3.63) is 65.7 Å². The van der Waals surface area contributed by atoms with Gasteiger partial charge in [-0.1, -0.05) is 42.5 Å². The molecule has 0 saturated carbocycles. The maximum absolute atomic E-state index is 12.1. The maximum Gasteiger partial charge on any atom is 0.308 e. The third-order valence-electron chi connectivity index (χ3n) is 3.80. The molecule has 0 fully saturated rings. The molecular weight excluding hydrogens is 354 g/mol. The van der Waals surface area contributed by atoms with Crippen LogP contribution in [0.1, 0.15) is 24.5 Å². The minimum absolute atomic E-state index is 0.00200. The highest BCUT2D eigenvalue weighted by molar-refractivity contribution is 7.86. The zero-order chi connectivity index (χ0) is 19.2. The van der Waals surface area contributed by atoms with Crippen LogP contribution in [0.15, 0.2) is 54.6 Å². The summed E-state index contributed by atoms with van der Waals surface area (Å²) in [4.78, 5) is 12.1. The molecule has 7 heteroatoms. The maximum atomic E-state index is 12.1. The third kappa shape index (κ3) is 5.86. The number of esters is 1. The van der Waals surface area contributed by atoms with Crippen molar-refractivity contribution in [1.29, 1.82) is 0 Å². The van der Waals surface area contributed by atoms with E-state index >= 15 is 0 Å². The fourth-order valence-electron chi connectivity index (χ4n) is 2.71. The topological polar surface area (TPSA) is 95.7 Å². The summed E-state index contributed by atoms with van der Waals surface area (Å²) in [6.07, 6.45) is 1.41. The van der Waals surface area contributed by atoms with Crippen LogP contribution in [-0.4, -0.2) is 27.2 Å². The quantitative estimate of drug-likeness (QED) is 0.560. The molecule has 0 aliphatic rings. The second kappa shape index (κ2) is 8.33. The minimum atomic E-state index is -3.61. The van der Waals surface area contributed by atoms with E-state index in [2.05, 4.69) is 0 Å². The molecule has 140 valence electrons. The second-order valence-electron chi connectivity index (χ2n) is 6.11. The Labute approximate surface area is 154 Å². The minimum Gasteiger partial charge on any atom is -0.466 e. The molecule has 0 spiro atoms. The SMILES string of the molecule is CCOC(=O)CC(N)(Cc1ccccc1)c1ccc(OS(C)(=O)=O)cc1. The summed E-state index contributed by atoms with van der Waals surface area (Å²) >= 11 is 0. The Morgan fingerprint density at radius 2 is 1.69 bits per heavy atom. The van der Waals surface area contributed by atoms with Crippen molar-refractivity contribution < 1.29 is 22.1 Å². The van der Waals surface area contributed by atoms with Crippen LogP contribution >= 0.6 is 0 Å². The van der Waals surface area contributed by atoms with Gasteiger partial charge in [0, 0.05) is 0 Å². The Bertz CT molecular complexity index is 834. The lowest BCUT2D eigenvalue weighted by atomic mass is 9.82. The monoisotopic (exact) mass is 377 g/mol. The first-order valence-electron chi connectivity index (χ1n) is 8.20. The van der Waals surface area contributed by atoms with Crippen LogP contribution in [0, 0.1) is 0 Å². The molecule has 26 heavy (non-hydrogen) atoms. The average molecular weight is 377 g/mol. The Balaban J connectivity index is 2.31. The Morgan fingerprint density at radius 3 is 2.23 bits per heavy atom. The first-order chi connectivity index (χ1) is 12.2. The van der Waals surface area contributed by atoms with E-state index in [-0.39, 0.29) is 24.7 Å². The summed E-state index contributed by atoms with van der Waals surface area (Å²) < 4.78 is 32.4. The average Bonchev–Trinajstić information content (AvgIpc) is 2.55. The summed E-state index contributed by atoms with van der Waals surface area (Å²) in [5.41, 5.74) is 7.28. The Kier molecular flexibility index (Phi) is 6.39. The molecule has 0 aliphatic carbocycles. The van der Waals surface area contributed by atoms with Crippen molar-refractivity contribution >= 4 is 16.1 Å². The molecule has 2 aromatic carbocycles. The van der Waals surface area contributed by atoms with Crippen LogP contribution in [0.4, 0.5) is 0 Å². The highest BCUT2D eigenvalue weighted by Crippen LogP contribution is 2.29. The van der Waals surface area contributed by atoms with Gasteiger partial charge in [0.1, 0.15) is 5.75 Å². The predicted octanol–water partition coefficient (Wildman–Crippen LogP) is 2.37. The molecule has 0 amide bonds. The van der Waals surface area contributed by atoms with Crippen molar-refractivity contribution in [1.82, 2.24) is 0 Å². The zero-order valence-electron chi connectivity index (χ0n) is 14.8. The normalized spacial score (nSPS) is 13.7. The van der Waals surface area contributed by atoms with Crippen LogP contribution in [0.3, 0.4) is 0 Å². The number of nitrogens with two attached hydrogens (primary N) is 1. The molecule has 6 nitrogen and oxygen atoms in total. The molecule has 2 rings (SSSR count). The van der Waals surface area contributed by atoms with Crippen LogP contribution in [0.5, 0.6) is 5.75 Å². The van der Waals surface area contributed by atoms with Gasteiger partial charge in [0.05, 0.1) is 24.8 Å². The van der Waals surface area contributed by atoms with Gasteiger partial charge in [0.25, 0.3) is 0 Å². The lowest BCUT2D eigenvalue weighted by Crippen LogP contribution is -2.41. The van der Waals surface area contributed by atoms with E-state index < -0.39 is 15.7 Å². The molecule has 2 N–H and O–H groups in total. The third-order valence-corrected chi connectivity index (χ3v) is 4.30. The molecule has 1 unspecified atom stereocenters. The number of ether oxygens (including phenoxy) is 1. The van der Waals surface area contributed by atoms with Crippen molar-refractivity contribution in [2.45, 2.75) is 25.3 Å². The molecule has 1 atom stereocenters. The van der Waals surface area contributed by atoms with Gasteiger partial charge in [0.15, 0.2) is 0 Å². The summed E-state index contributed by atoms with van der Waals surface area (Å²) in [6.45, 7) is 2.02. The van der Waals surface area contributed by atoms with Gasteiger partial charge in [-0.05, 0) is 36.6 Å². The molecule has 0 aliphatic heterocycles. The Hall–Kier alpha value is -2.38. The summed E-state index contributed by atoms with van der Waals surface area (Å²) in [7, 11) is -3.61. The van der Waals surface area contributed by atoms with E-state index in [0.717, 1.165) is 11.8 Å². The molecule has 0 aromatic heterocycles. The largest absolute Gasteiger partial charge is 0.466 e. The Morgan fingerprint density at radius 1 is 1.08 bits per heavy atom. The molecular formula is C19H23NO5S. The van der Waals surface area contributed by atoms with Gasteiger partial charge in [0.2, 0.25) is 0 Å². The molecule has 0 saturated heterocycles. The lowest BCUT2D eigenvalue weighted by molar-refractivity contribution is -0.144. The first-order valence-corrected chi connectivity index (χ1v) is 10.0. The second-order valence-corrected chi connectivity index (χ2v) is 7.69. The number of carbonyl (C=O) groups excluding carboxylic acids is 1. The van der Waals surface area contributed by atoms with E-state index in [4.69, 9.17) is 14.7 Å². The fourth-order valence-corrected chi connectivity index (χ4v) is 3.17. The number of hydrogen-bond acceptors (Lipinski definition) is 6. The predicted molar refractivity (Wildman–Crippen MR) is 99.2 cm³/mol. The van der Waals surface area contributed by atoms with E-state index in [1.807, 2.05) is 30.3 Å². The number of rotatable bonds is 8. The zero-order valence-corrected chi connectivity index (χ0v) is 15.7. The molecule has 0 heterocycles. The van der Waals surface area contributed by atoms with Gasteiger partial charge in [-0.2, -0.15) is 8.42 Å². The first kappa shape index (κ1) is 19.9. The highest BCUT2D eigenvalue weighted by Gasteiger charge is 2.31. The van der Waals surface area contributed by atoms with E-state index in [1.165, 1.54) is 12.1 Å². The van der Waals surface area contributed by atoms with Crippen molar-refractivity contribution in [2.24, 2.45) is 5.73 Å². The van der Waals surface area contributed by atoms with E-state index in [0.29, 0.717) is 12.0 Å². The van der Waals surface area contributed by atoms with Gasteiger partial charge < -0.3 is 14.7 Å². The summed E-state index contributed by atoms with van der Waals surface area (Å²) in [6, 6.07) is 16.0. The van der Waals surface area contributed by atoms with Crippen LogP contribution in [-0.2, 0) is 31.6 Å². The fraction of sp³-hybridized carbons (Fsp3) is 0.316. The van der Waals surface area contributed by atoms with Gasteiger partial charge in [-0.15, -0.1) is 0 Å². The summed E-state index contributed by atoms with van der Waals surface area (Å²) in [5.74, 6) is -0.197. The smallest absolute Gasteiger partial charge is 0.308 e. The van der Waals surface area contributed by atoms with Gasteiger partial charge in [-0.25, -0.2) is 0 Å². The van der Waals surface area contributed by atoms with Gasteiger partial charge >= 0.3 is 16.1 Å². The van der Waals surface area contributed by atoms with Crippen molar-refractivity contribution in [2.75, 3.05) is 12.9 Å². The standard InChI is InChI=1S/C19H23NO5S/c1-3-24-18(21)14-19(20,13-15-7-5-4-6-8-15)16-9-11-17(12-10-16)25-26(2,22)23/h4-12H,3,13-14,20H2,1-2H3. The lowest BCUT2D eigenvalue weighted by Gasteiger charge is -2.29. The van der Waals surface area contributed by atoms with Crippen LogP contribution < -0.4 is 9.92 Å². The molecule has 0 radical (unpaired) electrons. The van der Waals surface area contributed by atoms with E-state index in [1.54, 1.807) is 19.1 Å². The van der Waals surface area contributed by atoms with Crippen LogP contribution in [0.25, 0.3) is 0 Å². The van der Waals surface area contributed by atoms with Crippen LogP contribution in [0.2, 0.25) is 0 Å². The summed E-state index contributed by atoms with van der Waals surface area (Å²) in [5, 5.41) is 0. The van der Waals surface area contributed by atoms with Crippen molar-refractivity contribution in [3.8, 4) is 5.75 Å². The highest BCUT2D eigenvalue weighted by atomic mass is 32.2. The number of benzene rings is 2. The van der Waals surface area contributed by atoms with E-state index in [9.17, 15) is 13.2 Å². The molecule has 2 aromatic rings. The van der Waals surface area contributed by atoms with Gasteiger partial charge in [-0.3, -0.25) is 4.79 Å².